The Morgan fingerprint density at radius 2 is 2.17 bits per heavy atom. The zero-order chi connectivity index (χ0) is 8.55. The molecule has 2 rings (SSSR count). The van der Waals surface area contributed by atoms with Crippen molar-refractivity contribution in [1.29, 1.82) is 0 Å². The van der Waals surface area contributed by atoms with Crippen LogP contribution in [0.15, 0.2) is 30.6 Å². The Morgan fingerprint density at radius 1 is 1.33 bits per heavy atom. The predicted molar refractivity (Wildman–Crippen MR) is 46.5 cm³/mol. The highest BCUT2D eigenvalue weighted by molar-refractivity contribution is 5.85. The number of aromatic nitrogens is 2. The quantitative estimate of drug-likeness (QED) is 0.416. The molecule has 0 aliphatic rings. The van der Waals surface area contributed by atoms with Crippen LogP contribution in [0.25, 0.3) is 10.9 Å². The monoisotopic (exact) mass is 161 g/mol. The van der Waals surface area contributed by atoms with Gasteiger partial charge in [-0.2, -0.15) is 0 Å². The zero-order valence-corrected chi connectivity index (χ0v) is 6.44. The highest BCUT2D eigenvalue weighted by atomic mass is 15.3. The molecule has 0 bridgehead atoms. The molecule has 0 atom stereocenters. The molecule has 12 heavy (non-hydrogen) atoms. The minimum absolute atomic E-state index is 0.528. The van der Waals surface area contributed by atoms with E-state index in [1.54, 1.807) is 12.4 Å². The molecule has 60 valence electrons. The molecule has 0 fully saturated rings. The Morgan fingerprint density at radius 3 is 3.00 bits per heavy atom. The predicted octanol–water partition coefficient (Wildman–Crippen LogP) is -0.182. The third-order valence-corrected chi connectivity index (χ3v) is 1.79. The third-order valence-electron chi connectivity index (χ3n) is 1.79. The topological polar surface area (TPSA) is 68.8 Å². The molecule has 0 aliphatic carbocycles. The molecule has 0 spiro atoms. The van der Waals surface area contributed by atoms with E-state index >= 15 is 0 Å². The lowest BCUT2D eigenvalue weighted by Crippen LogP contribution is -2.46. The van der Waals surface area contributed by atoms with E-state index in [9.17, 15) is 0 Å². The van der Waals surface area contributed by atoms with E-state index in [1.165, 1.54) is 4.68 Å². The van der Waals surface area contributed by atoms with Gasteiger partial charge in [-0.15, -0.1) is 4.68 Å². The fourth-order valence-corrected chi connectivity index (χ4v) is 1.14. The van der Waals surface area contributed by atoms with E-state index in [-0.39, 0.29) is 0 Å². The summed E-state index contributed by atoms with van der Waals surface area (Å²) in [6, 6.07) is 5.55. The van der Waals surface area contributed by atoms with Crippen LogP contribution in [0, 0.1) is 0 Å². The van der Waals surface area contributed by atoms with Gasteiger partial charge in [-0.05, 0) is 12.1 Å². The van der Waals surface area contributed by atoms with Crippen LogP contribution in [0.4, 0.5) is 5.82 Å². The SMILES string of the molecule is Nc1c2cccnc2cc[n+]1N. The van der Waals surface area contributed by atoms with E-state index in [4.69, 9.17) is 11.6 Å². The van der Waals surface area contributed by atoms with Crippen molar-refractivity contribution in [2.75, 3.05) is 11.6 Å². The van der Waals surface area contributed by atoms with E-state index in [2.05, 4.69) is 4.98 Å². The first kappa shape index (κ1) is 6.84. The molecule has 0 saturated heterocycles. The summed E-state index contributed by atoms with van der Waals surface area (Å²) in [4.78, 5) is 4.13. The number of fused-ring (bicyclic) bond motifs is 1. The molecular formula is C8H9N4+. The average Bonchev–Trinajstić information content (AvgIpc) is 2.12. The van der Waals surface area contributed by atoms with E-state index in [0.29, 0.717) is 5.82 Å². The second-order valence-electron chi connectivity index (χ2n) is 2.54. The molecule has 0 saturated carbocycles. The molecular weight excluding hydrogens is 152 g/mol. The molecule has 4 N–H and O–H groups in total. The summed E-state index contributed by atoms with van der Waals surface area (Å²) in [6.07, 6.45) is 3.41. The van der Waals surface area contributed by atoms with Gasteiger partial charge in [0, 0.05) is 12.3 Å². The molecule has 4 nitrogen and oxygen atoms in total. The van der Waals surface area contributed by atoms with Gasteiger partial charge in [0.15, 0.2) is 0 Å². The number of rotatable bonds is 0. The Kier molecular flexibility index (Phi) is 1.33. The summed E-state index contributed by atoms with van der Waals surface area (Å²) in [5.74, 6) is 6.08. The highest BCUT2D eigenvalue weighted by Crippen LogP contribution is 2.12. The van der Waals surface area contributed by atoms with Crippen molar-refractivity contribution >= 4 is 16.7 Å². The summed E-state index contributed by atoms with van der Waals surface area (Å²) in [5, 5.41) is 0.877. The van der Waals surface area contributed by atoms with Crippen LogP contribution in [0.3, 0.4) is 0 Å². The molecule has 0 amide bonds. The van der Waals surface area contributed by atoms with Crippen molar-refractivity contribution in [2.24, 2.45) is 0 Å². The largest absolute Gasteiger partial charge is 0.305 e. The Labute approximate surface area is 69.4 Å². The average molecular weight is 161 g/mol. The van der Waals surface area contributed by atoms with Gasteiger partial charge in [0.2, 0.25) is 0 Å². The maximum atomic E-state index is 5.72. The van der Waals surface area contributed by atoms with Gasteiger partial charge >= 0.3 is 5.82 Å². The minimum atomic E-state index is 0.528. The first-order valence-electron chi connectivity index (χ1n) is 3.59. The Balaban J connectivity index is 2.91. The number of hydrogen-bond acceptors (Lipinski definition) is 3. The van der Waals surface area contributed by atoms with E-state index in [0.717, 1.165) is 10.9 Å². The lowest BCUT2D eigenvalue weighted by Gasteiger charge is -1.98. The van der Waals surface area contributed by atoms with Crippen molar-refractivity contribution in [3.63, 3.8) is 0 Å². The molecule has 2 aromatic heterocycles. The second kappa shape index (κ2) is 2.34. The summed E-state index contributed by atoms with van der Waals surface area (Å²) in [5.41, 5.74) is 6.57. The van der Waals surface area contributed by atoms with Gasteiger partial charge in [0.1, 0.15) is 6.20 Å². The van der Waals surface area contributed by atoms with Crippen molar-refractivity contribution in [3.05, 3.63) is 30.6 Å². The highest BCUT2D eigenvalue weighted by Gasteiger charge is 2.06. The summed E-state index contributed by atoms with van der Waals surface area (Å²) >= 11 is 0. The lowest BCUT2D eigenvalue weighted by molar-refractivity contribution is -0.622. The van der Waals surface area contributed by atoms with Gasteiger partial charge in [-0.25, -0.2) is 0 Å². The summed E-state index contributed by atoms with van der Waals surface area (Å²) in [7, 11) is 0. The number of nitrogens with two attached hydrogens (primary N) is 2. The van der Waals surface area contributed by atoms with Gasteiger partial charge in [-0.1, -0.05) is 0 Å². The fraction of sp³-hybridized carbons (Fsp3) is 0. The first-order valence-corrected chi connectivity index (χ1v) is 3.59. The molecule has 0 unspecified atom stereocenters. The number of nitrogens with zero attached hydrogens (tertiary/aromatic N) is 2. The van der Waals surface area contributed by atoms with Gasteiger partial charge < -0.3 is 0 Å². The van der Waals surface area contributed by atoms with Gasteiger partial charge in [0.25, 0.3) is 0 Å². The molecule has 2 aromatic rings. The summed E-state index contributed by atoms with van der Waals surface area (Å²) < 4.78 is 1.38. The van der Waals surface area contributed by atoms with Crippen LogP contribution in [0.1, 0.15) is 0 Å². The normalized spacial score (nSPS) is 10.3. The van der Waals surface area contributed by atoms with Crippen LogP contribution >= 0.6 is 0 Å². The smallest absolute Gasteiger partial charge is 0.285 e. The standard InChI is InChI=1S/C8H8N4/c9-8-6-2-1-4-11-7(6)3-5-12(8)10/h1-5,9H,10H2/p+1. The number of anilines is 1. The molecule has 2 heterocycles. The van der Waals surface area contributed by atoms with E-state index in [1.807, 2.05) is 18.2 Å². The van der Waals surface area contributed by atoms with Crippen LogP contribution in [-0.2, 0) is 0 Å². The van der Waals surface area contributed by atoms with Crippen molar-refractivity contribution < 1.29 is 4.68 Å². The number of pyridine rings is 2. The molecule has 4 heteroatoms. The maximum Gasteiger partial charge on any atom is 0.305 e. The lowest BCUT2D eigenvalue weighted by atomic mass is 10.2. The number of nitrogen functional groups attached to an aromatic ring is 2. The van der Waals surface area contributed by atoms with Crippen LogP contribution in [0.5, 0.6) is 0 Å². The molecule has 0 aliphatic heterocycles. The van der Waals surface area contributed by atoms with Gasteiger partial charge in [0.05, 0.1) is 10.9 Å². The van der Waals surface area contributed by atoms with Crippen LogP contribution < -0.4 is 16.3 Å². The van der Waals surface area contributed by atoms with E-state index < -0.39 is 0 Å². The van der Waals surface area contributed by atoms with Crippen LogP contribution in [0.2, 0.25) is 0 Å². The Bertz CT molecular complexity index is 424. The maximum absolute atomic E-state index is 5.72. The Hall–Kier alpha value is -1.84. The zero-order valence-electron chi connectivity index (χ0n) is 6.44. The molecule has 0 radical (unpaired) electrons. The number of hydrogen-bond donors (Lipinski definition) is 2. The summed E-state index contributed by atoms with van der Waals surface area (Å²) in [6.45, 7) is 0. The second-order valence-corrected chi connectivity index (χ2v) is 2.54. The van der Waals surface area contributed by atoms with Gasteiger partial charge in [-0.3, -0.25) is 16.6 Å². The molecule has 0 aromatic carbocycles. The first-order chi connectivity index (χ1) is 5.79. The van der Waals surface area contributed by atoms with Crippen molar-refractivity contribution in [2.45, 2.75) is 0 Å². The van der Waals surface area contributed by atoms with Crippen LogP contribution in [-0.4, -0.2) is 4.98 Å². The minimum Gasteiger partial charge on any atom is -0.285 e. The van der Waals surface area contributed by atoms with Crippen molar-refractivity contribution in [3.8, 4) is 0 Å². The van der Waals surface area contributed by atoms with Crippen molar-refractivity contribution in [1.82, 2.24) is 4.98 Å². The third kappa shape index (κ3) is 0.852. The fourth-order valence-electron chi connectivity index (χ4n) is 1.14.